The van der Waals surface area contributed by atoms with Crippen molar-refractivity contribution in [2.45, 2.75) is 13.3 Å². The molecule has 0 N–H and O–H groups in total. The molecule has 0 aliphatic heterocycles. The summed E-state index contributed by atoms with van der Waals surface area (Å²) in [6.45, 7) is 2.26. The molecule has 132 valence electrons. The van der Waals surface area contributed by atoms with Gasteiger partial charge in [0.1, 0.15) is 0 Å². The van der Waals surface area contributed by atoms with Crippen LogP contribution in [0.25, 0.3) is 0 Å². The van der Waals surface area contributed by atoms with Crippen LogP contribution in [0.2, 0.25) is 10.0 Å². The molecule has 2 rings (SSSR count). The van der Waals surface area contributed by atoms with Crippen molar-refractivity contribution in [1.29, 1.82) is 0 Å². The predicted molar refractivity (Wildman–Crippen MR) is 105 cm³/mol. The first-order valence-electron chi connectivity index (χ1n) is 7.62. The first-order valence-corrected chi connectivity index (χ1v) is 8.76. The van der Waals surface area contributed by atoms with Crippen molar-refractivity contribution in [3.8, 4) is 0 Å². The standard InChI is InChI=1S/C19H18Cl3NO2/c1-13(20)10-11-23(19-15(21)7-5-8-16(19)22)17-9-4-3-6-14(17)12-18(24)25-2/h3-10H,11-12H2,1-2H3. The lowest BCUT2D eigenvalue weighted by Crippen LogP contribution is -2.20. The smallest absolute Gasteiger partial charge is 0.310 e. The van der Waals surface area contributed by atoms with Crippen LogP contribution in [0.3, 0.4) is 0 Å². The minimum absolute atomic E-state index is 0.148. The maximum Gasteiger partial charge on any atom is 0.310 e. The molecule has 3 nitrogen and oxygen atoms in total. The number of anilines is 2. The Bertz CT molecular complexity index is 766. The number of methoxy groups -OCH3 is 1. The second-order valence-electron chi connectivity index (χ2n) is 5.35. The van der Waals surface area contributed by atoms with E-state index in [4.69, 9.17) is 39.5 Å². The fraction of sp³-hybridized carbons (Fsp3) is 0.211. The van der Waals surface area contributed by atoms with Gasteiger partial charge in [-0.1, -0.05) is 65.1 Å². The number of nitrogens with zero attached hydrogens (tertiary/aromatic N) is 1. The number of hydrogen-bond donors (Lipinski definition) is 0. The van der Waals surface area contributed by atoms with E-state index in [2.05, 4.69) is 0 Å². The fourth-order valence-corrected chi connectivity index (χ4v) is 3.10. The molecule has 6 heteroatoms. The van der Waals surface area contributed by atoms with Gasteiger partial charge in [-0.25, -0.2) is 0 Å². The van der Waals surface area contributed by atoms with E-state index in [0.29, 0.717) is 27.3 Å². The van der Waals surface area contributed by atoms with Crippen molar-refractivity contribution < 1.29 is 9.53 Å². The lowest BCUT2D eigenvalue weighted by molar-refractivity contribution is -0.139. The van der Waals surface area contributed by atoms with Gasteiger partial charge in [0.2, 0.25) is 0 Å². The molecule has 2 aromatic rings. The lowest BCUT2D eigenvalue weighted by Gasteiger charge is -2.28. The van der Waals surface area contributed by atoms with Crippen molar-refractivity contribution in [2.24, 2.45) is 0 Å². The Morgan fingerprint density at radius 2 is 1.76 bits per heavy atom. The minimum atomic E-state index is -0.318. The first kappa shape index (κ1) is 19.6. The Balaban J connectivity index is 2.57. The van der Waals surface area contributed by atoms with Crippen LogP contribution >= 0.6 is 34.8 Å². The second kappa shape index (κ2) is 9.14. The molecule has 0 aliphatic carbocycles. The molecule has 0 atom stereocenters. The number of esters is 1. The number of rotatable bonds is 6. The average molecular weight is 399 g/mol. The molecule has 0 unspecified atom stereocenters. The van der Waals surface area contributed by atoms with Gasteiger partial charge in [-0.05, 0) is 30.7 Å². The number of ether oxygens (including phenoxy) is 1. The lowest BCUT2D eigenvalue weighted by atomic mass is 10.1. The van der Waals surface area contributed by atoms with Crippen LogP contribution < -0.4 is 4.90 Å². The maximum absolute atomic E-state index is 11.8. The quantitative estimate of drug-likeness (QED) is 0.560. The Labute approximate surface area is 162 Å². The third-order valence-electron chi connectivity index (χ3n) is 3.61. The zero-order valence-electron chi connectivity index (χ0n) is 13.9. The van der Waals surface area contributed by atoms with Gasteiger partial charge >= 0.3 is 5.97 Å². The monoisotopic (exact) mass is 397 g/mol. The average Bonchev–Trinajstić information content (AvgIpc) is 2.58. The van der Waals surface area contributed by atoms with E-state index >= 15 is 0 Å². The Morgan fingerprint density at radius 1 is 1.12 bits per heavy atom. The zero-order chi connectivity index (χ0) is 18.4. The van der Waals surface area contributed by atoms with E-state index in [0.717, 1.165) is 11.3 Å². The molecule has 0 radical (unpaired) electrons. The fourth-order valence-electron chi connectivity index (χ4n) is 2.43. The van der Waals surface area contributed by atoms with Gasteiger partial charge < -0.3 is 9.64 Å². The summed E-state index contributed by atoms with van der Waals surface area (Å²) in [4.78, 5) is 13.7. The second-order valence-corrected chi connectivity index (χ2v) is 6.76. The minimum Gasteiger partial charge on any atom is -0.469 e. The first-order chi connectivity index (χ1) is 11.9. The molecule has 0 bridgehead atoms. The molecule has 0 aromatic heterocycles. The van der Waals surface area contributed by atoms with Crippen LogP contribution in [0.15, 0.2) is 53.6 Å². The van der Waals surface area contributed by atoms with E-state index in [1.54, 1.807) is 25.1 Å². The SMILES string of the molecule is COC(=O)Cc1ccccc1N(CC=C(C)Cl)c1c(Cl)cccc1Cl. The third kappa shape index (κ3) is 5.15. The highest BCUT2D eigenvalue weighted by Gasteiger charge is 2.19. The van der Waals surface area contributed by atoms with Gasteiger partial charge in [0, 0.05) is 17.3 Å². The van der Waals surface area contributed by atoms with Crippen LogP contribution in [-0.2, 0) is 16.0 Å². The molecule has 0 heterocycles. The molecule has 2 aromatic carbocycles. The number of para-hydroxylation sites is 2. The third-order valence-corrected chi connectivity index (χ3v) is 4.37. The van der Waals surface area contributed by atoms with E-state index in [1.807, 2.05) is 35.2 Å². The summed E-state index contributed by atoms with van der Waals surface area (Å²) in [5, 5.41) is 1.68. The van der Waals surface area contributed by atoms with Crippen LogP contribution in [-0.4, -0.2) is 19.6 Å². The van der Waals surface area contributed by atoms with Crippen LogP contribution in [0.5, 0.6) is 0 Å². The molecule has 0 spiro atoms. The summed E-state index contributed by atoms with van der Waals surface area (Å²) in [6, 6.07) is 12.9. The summed E-state index contributed by atoms with van der Waals surface area (Å²) < 4.78 is 4.80. The Morgan fingerprint density at radius 3 is 2.36 bits per heavy atom. The van der Waals surface area contributed by atoms with Gasteiger partial charge in [-0.15, -0.1) is 0 Å². The number of carbonyl (C=O) groups excluding carboxylic acids is 1. The van der Waals surface area contributed by atoms with Crippen molar-refractivity contribution in [2.75, 3.05) is 18.6 Å². The summed E-state index contributed by atoms with van der Waals surface area (Å²) in [6.07, 6.45) is 2.00. The van der Waals surface area contributed by atoms with Gasteiger partial charge in [0.25, 0.3) is 0 Å². The molecular formula is C19H18Cl3NO2. The highest BCUT2D eigenvalue weighted by molar-refractivity contribution is 6.39. The van der Waals surface area contributed by atoms with Gasteiger partial charge in [0.15, 0.2) is 0 Å². The van der Waals surface area contributed by atoms with Crippen LogP contribution in [0.1, 0.15) is 12.5 Å². The van der Waals surface area contributed by atoms with Crippen LogP contribution in [0, 0.1) is 0 Å². The molecule has 0 amide bonds. The van der Waals surface area contributed by atoms with Gasteiger partial charge in [-0.3, -0.25) is 4.79 Å². The summed E-state index contributed by atoms with van der Waals surface area (Å²) in [5.74, 6) is -0.318. The number of hydrogen-bond acceptors (Lipinski definition) is 3. The van der Waals surface area contributed by atoms with E-state index in [1.165, 1.54) is 7.11 Å². The van der Waals surface area contributed by atoms with Crippen molar-refractivity contribution >= 4 is 52.1 Å². The van der Waals surface area contributed by atoms with Gasteiger partial charge in [-0.2, -0.15) is 0 Å². The molecular weight excluding hydrogens is 381 g/mol. The molecule has 25 heavy (non-hydrogen) atoms. The van der Waals surface area contributed by atoms with Crippen molar-refractivity contribution in [3.63, 3.8) is 0 Å². The Hall–Kier alpha value is -1.68. The highest BCUT2D eigenvalue weighted by Crippen LogP contribution is 2.39. The molecule has 0 saturated heterocycles. The molecule has 0 aliphatic rings. The zero-order valence-corrected chi connectivity index (χ0v) is 16.2. The van der Waals surface area contributed by atoms with E-state index in [9.17, 15) is 4.79 Å². The summed E-state index contributed by atoms with van der Waals surface area (Å²) in [5.41, 5.74) is 2.29. The Kier molecular flexibility index (Phi) is 7.18. The van der Waals surface area contributed by atoms with Crippen molar-refractivity contribution in [3.05, 3.63) is 69.2 Å². The largest absolute Gasteiger partial charge is 0.469 e. The molecule has 0 fully saturated rings. The van der Waals surface area contributed by atoms with Gasteiger partial charge in [0.05, 0.1) is 29.3 Å². The number of allylic oxidation sites excluding steroid dienone is 1. The maximum atomic E-state index is 11.8. The predicted octanol–water partition coefficient (Wildman–Crippen LogP) is 5.99. The molecule has 0 saturated carbocycles. The number of halogens is 3. The highest BCUT2D eigenvalue weighted by atomic mass is 35.5. The number of benzene rings is 2. The summed E-state index contributed by atoms with van der Waals surface area (Å²) >= 11 is 18.8. The summed E-state index contributed by atoms with van der Waals surface area (Å²) in [7, 11) is 1.37. The normalized spacial score (nSPS) is 11.3. The van der Waals surface area contributed by atoms with E-state index in [-0.39, 0.29) is 12.4 Å². The topological polar surface area (TPSA) is 29.5 Å². The van der Waals surface area contributed by atoms with E-state index < -0.39 is 0 Å². The van der Waals surface area contributed by atoms with Crippen LogP contribution in [0.4, 0.5) is 11.4 Å². The number of carbonyl (C=O) groups is 1. The van der Waals surface area contributed by atoms with Crippen molar-refractivity contribution in [1.82, 2.24) is 0 Å².